The van der Waals surface area contributed by atoms with Gasteiger partial charge in [-0.1, -0.05) is 17.7 Å². The number of rotatable bonds is 5. The third-order valence-corrected chi connectivity index (χ3v) is 4.79. The smallest absolute Gasteiger partial charge is 0.255 e. The first-order valence-electron chi connectivity index (χ1n) is 7.36. The Bertz CT molecular complexity index is 1010. The van der Waals surface area contributed by atoms with Gasteiger partial charge in [0, 0.05) is 22.2 Å². The van der Waals surface area contributed by atoms with Gasteiger partial charge in [0.2, 0.25) is 10.0 Å². The van der Waals surface area contributed by atoms with Crippen LogP contribution in [0.3, 0.4) is 0 Å². The highest BCUT2D eigenvalue weighted by atomic mass is 35.5. The molecule has 0 aliphatic carbocycles. The molecule has 1 aromatic heterocycles. The number of sulfonamides is 1. The van der Waals surface area contributed by atoms with E-state index >= 15 is 0 Å². The van der Waals surface area contributed by atoms with E-state index in [-0.39, 0.29) is 16.8 Å². The Morgan fingerprint density at radius 3 is 2.19 bits per heavy atom. The van der Waals surface area contributed by atoms with Crippen LogP contribution in [0, 0.1) is 0 Å². The molecule has 0 radical (unpaired) electrons. The Hall–Kier alpha value is -2.97. The second-order valence-corrected chi connectivity index (χ2v) is 7.14. The van der Waals surface area contributed by atoms with Crippen molar-refractivity contribution >= 4 is 39.2 Å². The predicted molar refractivity (Wildman–Crippen MR) is 98.1 cm³/mol. The second kappa shape index (κ2) is 7.51. The van der Waals surface area contributed by atoms with Crippen molar-refractivity contribution in [1.82, 2.24) is 9.97 Å². The highest BCUT2D eigenvalue weighted by molar-refractivity contribution is 7.94. The minimum Gasteiger partial charge on any atom is -0.366 e. The zero-order valence-electron chi connectivity index (χ0n) is 13.2. The van der Waals surface area contributed by atoms with Gasteiger partial charge >= 0.3 is 0 Å². The summed E-state index contributed by atoms with van der Waals surface area (Å²) < 4.78 is 28.0. The molecule has 1 amide bonds. The van der Waals surface area contributed by atoms with Gasteiger partial charge in [0.15, 0.2) is 0 Å². The summed E-state index contributed by atoms with van der Waals surface area (Å²) in [6, 6.07) is 13.6. The molecule has 0 saturated carbocycles. The molecule has 0 saturated heterocycles. The molecule has 9 heteroatoms. The molecule has 3 aromatic rings. The Kier molecular flexibility index (Phi) is 5.15. The van der Waals surface area contributed by atoms with Crippen LogP contribution < -0.4 is 5.32 Å². The van der Waals surface area contributed by atoms with Gasteiger partial charge < -0.3 is 15.3 Å². The third-order valence-electron chi connectivity index (χ3n) is 3.27. The number of nitrogens with one attached hydrogen (secondary N) is 1. The van der Waals surface area contributed by atoms with E-state index in [1.54, 1.807) is 30.3 Å². The normalized spacial score (nSPS) is 11.0. The average molecular weight is 388 g/mol. The standard InChI is InChI=1S/C17H13ClN4O3S/c18-13-4-2-12(3-5-13)16(23)21-14-6-8-15(9-7-14)26(24,25)22-17-19-10-1-11-20-17/h1-11H,(H2,19,20,21,22,23)/p-1. The third kappa shape index (κ3) is 4.35. The Balaban J connectivity index is 1.71. The summed E-state index contributed by atoms with van der Waals surface area (Å²) in [6.07, 6.45) is 2.80. The van der Waals surface area contributed by atoms with Gasteiger partial charge in [0.1, 0.15) is 0 Å². The largest absolute Gasteiger partial charge is 0.366 e. The summed E-state index contributed by atoms with van der Waals surface area (Å²) in [5, 5.41) is 3.20. The zero-order chi connectivity index (χ0) is 18.6. The van der Waals surface area contributed by atoms with Gasteiger partial charge in [-0.3, -0.25) is 9.52 Å². The monoisotopic (exact) mass is 387 g/mol. The molecular weight excluding hydrogens is 376 g/mol. The lowest BCUT2D eigenvalue weighted by molar-refractivity contribution is 0.102. The van der Waals surface area contributed by atoms with Crippen molar-refractivity contribution in [2.75, 3.05) is 5.32 Å². The average Bonchev–Trinajstić information content (AvgIpc) is 2.63. The van der Waals surface area contributed by atoms with Gasteiger partial charge in [-0.2, -0.15) is 0 Å². The van der Waals surface area contributed by atoms with Gasteiger partial charge in [-0.25, -0.2) is 8.42 Å². The SMILES string of the molecule is O=C(Nc1ccc(S(=O)(=O)[N-]c2ncccn2)cc1)c1ccc(Cl)cc1. The summed E-state index contributed by atoms with van der Waals surface area (Å²) in [4.78, 5) is 19.6. The fourth-order valence-electron chi connectivity index (χ4n) is 2.01. The van der Waals surface area contributed by atoms with Gasteiger partial charge in [-0.05, 0) is 60.9 Å². The molecule has 3 rings (SSSR count). The topological polar surface area (TPSA) is 103 Å². The van der Waals surface area contributed by atoms with E-state index in [4.69, 9.17) is 11.6 Å². The number of aromatic nitrogens is 2. The maximum atomic E-state index is 12.2. The van der Waals surface area contributed by atoms with Gasteiger partial charge in [-0.15, -0.1) is 0 Å². The molecule has 132 valence electrons. The first-order valence-corrected chi connectivity index (χ1v) is 9.18. The van der Waals surface area contributed by atoms with Crippen molar-refractivity contribution in [2.24, 2.45) is 0 Å². The molecule has 2 aromatic carbocycles. The van der Waals surface area contributed by atoms with Crippen LogP contribution in [-0.4, -0.2) is 24.3 Å². The van der Waals surface area contributed by atoms with Crippen molar-refractivity contribution in [2.45, 2.75) is 4.90 Å². The van der Waals surface area contributed by atoms with Crippen LogP contribution in [0.25, 0.3) is 4.72 Å². The molecule has 1 N–H and O–H groups in total. The minimum absolute atomic E-state index is 0.0329. The van der Waals surface area contributed by atoms with Crippen LogP contribution in [0.5, 0.6) is 0 Å². The number of nitrogens with zero attached hydrogens (tertiary/aromatic N) is 3. The fourth-order valence-corrected chi connectivity index (χ4v) is 3.03. The Morgan fingerprint density at radius 1 is 0.962 bits per heavy atom. The predicted octanol–water partition coefficient (Wildman–Crippen LogP) is 3.78. The van der Waals surface area contributed by atoms with Crippen molar-refractivity contribution in [3.8, 4) is 0 Å². The number of carbonyl (C=O) groups excluding carboxylic acids is 1. The summed E-state index contributed by atoms with van der Waals surface area (Å²) in [7, 11) is -3.94. The molecule has 0 atom stereocenters. The maximum absolute atomic E-state index is 12.2. The van der Waals surface area contributed by atoms with E-state index < -0.39 is 10.0 Å². The number of hydrogen-bond donors (Lipinski definition) is 1. The van der Waals surface area contributed by atoms with Crippen LogP contribution in [-0.2, 0) is 10.0 Å². The van der Waals surface area contributed by atoms with Crippen molar-refractivity contribution in [3.63, 3.8) is 0 Å². The summed E-state index contributed by atoms with van der Waals surface area (Å²) in [6.45, 7) is 0. The number of amides is 1. The molecule has 0 aliphatic rings. The zero-order valence-corrected chi connectivity index (χ0v) is 14.8. The summed E-state index contributed by atoms with van der Waals surface area (Å²) in [5.41, 5.74) is 0.877. The number of halogens is 1. The molecule has 0 bridgehead atoms. The molecular formula is C17H12ClN4O3S-. The second-order valence-electron chi connectivity index (χ2n) is 5.10. The van der Waals surface area contributed by atoms with Crippen LogP contribution in [0.2, 0.25) is 5.02 Å². The van der Waals surface area contributed by atoms with Crippen LogP contribution >= 0.6 is 11.6 Å². The van der Waals surface area contributed by atoms with Crippen molar-refractivity contribution < 1.29 is 13.2 Å². The summed E-state index contributed by atoms with van der Waals surface area (Å²) in [5.74, 6) is -0.479. The van der Waals surface area contributed by atoms with Crippen LogP contribution in [0.4, 0.5) is 11.6 Å². The fraction of sp³-hybridized carbons (Fsp3) is 0. The van der Waals surface area contributed by atoms with Crippen LogP contribution in [0.1, 0.15) is 10.4 Å². The number of hydrogen-bond acceptors (Lipinski definition) is 5. The van der Waals surface area contributed by atoms with Gasteiger partial charge in [0.05, 0.1) is 4.90 Å². The molecule has 0 spiro atoms. The van der Waals surface area contributed by atoms with E-state index in [0.717, 1.165) is 0 Å². The highest BCUT2D eigenvalue weighted by Gasteiger charge is 2.12. The molecule has 0 fully saturated rings. The van der Waals surface area contributed by atoms with E-state index in [2.05, 4.69) is 20.0 Å². The number of benzene rings is 2. The van der Waals surface area contributed by atoms with E-state index in [1.807, 2.05) is 0 Å². The lowest BCUT2D eigenvalue weighted by Crippen LogP contribution is -2.11. The highest BCUT2D eigenvalue weighted by Crippen LogP contribution is 2.24. The Morgan fingerprint density at radius 2 is 1.58 bits per heavy atom. The quantitative estimate of drug-likeness (QED) is 0.717. The van der Waals surface area contributed by atoms with Crippen molar-refractivity contribution in [1.29, 1.82) is 0 Å². The first-order chi connectivity index (χ1) is 12.4. The van der Waals surface area contributed by atoms with E-state index in [0.29, 0.717) is 16.3 Å². The summed E-state index contributed by atoms with van der Waals surface area (Å²) >= 11 is 5.79. The molecule has 0 aliphatic heterocycles. The number of anilines is 1. The molecule has 7 nitrogen and oxygen atoms in total. The van der Waals surface area contributed by atoms with E-state index in [9.17, 15) is 13.2 Å². The molecule has 1 heterocycles. The van der Waals surface area contributed by atoms with Gasteiger partial charge in [0.25, 0.3) is 5.91 Å². The van der Waals surface area contributed by atoms with Crippen molar-refractivity contribution in [3.05, 3.63) is 82.3 Å². The van der Waals surface area contributed by atoms with Crippen LogP contribution in [0.15, 0.2) is 71.9 Å². The molecule has 0 unspecified atom stereocenters. The maximum Gasteiger partial charge on any atom is 0.255 e. The minimum atomic E-state index is -3.94. The first kappa shape index (κ1) is 17.8. The lowest BCUT2D eigenvalue weighted by atomic mass is 10.2. The number of carbonyl (C=O) groups is 1. The Labute approximate surface area is 155 Å². The molecule has 26 heavy (non-hydrogen) atoms. The lowest BCUT2D eigenvalue weighted by Gasteiger charge is -2.12. The van der Waals surface area contributed by atoms with E-state index in [1.165, 1.54) is 36.7 Å².